The number of hydrogen-bond acceptors (Lipinski definition) is 5. The number of nitrogens with one attached hydrogen (secondary N) is 2. The van der Waals surface area contributed by atoms with Gasteiger partial charge in [0, 0.05) is 0 Å². The normalized spacial score (nSPS) is 18.2. The first-order valence-corrected chi connectivity index (χ1v) is 9.27. The van der Waals surface area contributed by atoms with Crippen LogP contribution in [-0.4, -0.2) is 29.3 Å². The van der Waals surface area contributed by atoms with Crippen LogP contribution in [0.2, 0.25) is 0 Å². The lowest BCUT2D eigenvalue weighted by atomic mass is 9.99. The van der Waals surface area contributed by atoms with E-state index in [-0.39, 0.29) is 0 Å². The lowest BCUT2D eigenvalue weighted by Gasteiger charge is -2.19. The molecule has 1 atom stereocenters. The van der Waals surface area contributed by atoms with Gasteiger partial charge < -0.3 is 19.8 Å². The summed E-state index contributed by atoms with van der Waals surface area (Å²) in [6, 6.07) is 18.6. The van der Waals surface area contributed by atoms with E-state index in [2.05, 4.69) is 10.6 Å². The van der Waals surface area contributed by atoms with E-state index < -0.39 is 29.9 Å². The molecule has 0 saturated carbocycles. The zero-order valence-electron chi connectivity index (χ0n) is 16.1. The molecule has 8 nitrogen and oxygen atoms in total. The summed E-state index contributed by atoms with van der Waals surface area (Å²) in [6.45, 7) is 1.09. The van der Waals surface area contributed by atoms with Crippen LogP contribution in [-0.2, 0) is 15.1 Å². The van der Waals surface area contributed by atoms with Crippen LogP contribution in [0.4, 0.5) is 10.5 Å². The van der Waals surface area contributed by atoms with Gasteiger partial charge in [0.25, 0.3) is 5.91 Å². The standard InChI is InChI=1S/C22H19N3O5/c1-22(18-12-7-13-29-18)20(27)25(21(28)24-22)14-19(26)23-16-10-5-6-11-17(16)30-15-8-3-2-4-9-15/h2-13H,14H2,1H3,(H,23,26)(H,24,28)/t22-/m1/s1. The summed E-state index contributed by atoms with van der Waals surface area (Å²) >= 11 is 0. The van der Waals surface area contributed by atoms with Gasteiger partial charge >= 0.3 is 6.03 Å². The summed E-state index contributed by atoms with van der Waals surface area (Å²) in [5, 5.41) is 5.28. The maximum Gasteiger partial charge on any atom is 0.325 e. The molecule has 0 aliphatic carbocycles. The van der Waals surface area contributed by atoms with Crippen molar-refractivity contribution in [2.45, 2.75) is 12.5 Å². The molecule has 0 bridgehead atoms. The Morgan fingerprint density at radius 3 is 2.53 bits per heavy atom. The molecule has 152 valence electrons. The van der Waals surface area contributed by atoms with Gasteiger partial charge in [0.15, 0.2) is 11.3 Å². The third-order valence-electron chi connectivity index (χ3n) is 4.72. The molecule has 0 radical (unpaired) electrons. The average Bonchev–Trinajstić information content (AvgIpc) is 3.35. The molecule has 8 heteroatoms. The van der Waals surface area contributed by atoms with Gasteiger partial charge in [-0.1, -0.05) is 30.3 Å². The number of hydrogen-bond donors (Lipinski definition) is 2. The van der Waals surface area contributed by atoms with E-state index in [0.29, 0.717) is 22.9 Å². The van der Waals surface area contributed by atoms with Gasteiger partial charge in [-0.15, -0.1) is 0 Å². The van der Waals surface area contributed by atoms with Crippen LogP contribution in [0.15, 0.2) is 77.4 Å². The highest BCUT2D eigenvalue weighted by Gasteiger charge is 2.51. The van der Waals surface area contributed by atoms with Crippen LogP contribution in [0.25, 0.3) is 0 Å². The second-order valence-electron chi connectivity index (χ2n) is 6.88. The predicted octanol–water partition coefficient (Wildman–Crippen LogP) is 3.48. The highest BCUT2D eigenvalue weighted by atomic mass is 16.5. The molecule has 2 N–H and O–H groups in total. The average molecular weight is 405 g/mol. The van der Waals surface area contributed by atoms with Gasteiger partial charge in [-0.3, -0.25) is 14.5 Å². The lowest BCUT2D eigenvalue weighted by Crippen LogP contribution is -2.41. The summed E-state index contributed by atoms with van der Waals surface area (Å²) in [5.41, 5.74) is -0.929. The number of amides is 4. The molecule has 3 aromatic rings. The van der Waals surface area contributed by atoms with Gasteiger partial charge in [0.1, 0.15) is 18.1 Å². The monoisotopic (exact) mass is 405 g/mol. The molecule has 1 saturated heterocycles. The molecule has 1 aromatic heterocycles. The number of rotatable bonds is 6. The van der Waals surface area contributed by atoms with Crippen LogP contribution in [0, 0.1) is 0 Å². The van der Waals surface area contributed by atoms with Crippen LogP contribution < -0.4 is 15.4 Å². The first-order valence-electron chi connectivity index (χ1n) is 9.27. The zero-order valence-corrected chi connectivity index (χ0v) is 16.1. The number of carbonyl (C=O) groups excluding carboxylic acids is 3. The Bertz CT molecular complexity index is 1080. The summed E-state index contributed by atoms with van der Waals surface area (Å²) in [4.78, 5) is 38.6. The van der Waals surface area contributed by atoms with E-state index in [1.54, 1.807) is 48.5 Å². The molecule has 4 rings (SSSR count). The minimum Gasteiger partial charge on any atom is -0.466 e. The fraction of sp³-hybridized carbons (Fsp3) is 0.136. The number of anilines is 1. The number of nitrogens with zero attached hydrogens (tertiary/aromatic N) is 1. The van der Waals surface area contributed by atoms with Crippen molar-refractivity contribution in [3.8, 4) is 11.5 Å². The first-order chi connectivity index (χ1) is 14.5. The number of urea groups is 1. The summed E-state index contributed by atoms with van der Waals surface area (Å²) < 4.78 is 11.1. The van der Waals surface area contributed by atoms with Crippen molar-refractivity contribution < 1.29 is 23.5 Å². The Balaban J connectivity index is 1.47. The molecule has 0 spiro atoms. The molecule has 1 aliphatic heterocycles. The Hall–Kier alpha value is -4.07. The van der Waals surface area contributed by atoms with Gasteiger partial charge in [-0.2, -0.15) is 0 Å². The van der Waals surface area contributed by atoms with Crippen molar-refractivity contribution in [2.24, 2.45) is 0 Å². The fourth-order valence-electron chi connectivity index (χ4n) is 3.18. The molecular formula is C22H19N3O5. The van der Waals surface area contributed by atoms with Gasteiger partial charge in [0.05, 0.1) is 12.0 Å². The van der Waals surface area contributed by atoms with Crippen molar-refractivity contribution in [3.63, 3.8) is 0 Å². The molecule has 1 fully saturated rings. The van der Waals surface area contributed by atoms with Crippen molar-refractivity contribution in [1.82, 2.24) is 10.2 Å². The van der Waals surface area contributed by atoms with E-state index in [1.165, 1.54) is 13.2 Å². The van der Waals surface area contributed by atoms with E-state index in [0.717, 1.165) is 4.90 Å². The van der Waals surface area contributed by atoms with Gasteiger partial charge in [-0.05, 0) is 43.3 Å². The third-order valence-corrected chi connectivity index (χ3v) is 4.72. The third kappa shape index (κ3) is 3.62. The van der Waals surface area contributed by atoms with Crippen LogP contribution in [0.3, 0.4) is 0 Å². The van der Waals surface area contributed by atoms with Gasteiger partial charge in [-0.25, -0.2) is 4.79 Å². The second-order valence-corrected chi connectivity index (χ2v) is 6.88. The predicted molar refractivity (Wildman–Crippen MR) is 108 cm³/mol. The molecule has 4 amide bonds. The summed E-state index contributed by atoms with van der Waals surface area (Å²) in [5.74, 6) is 0.250. The minimum absolute atomic E-state index is 0.297. The molecule has 0 unspecified atom stereocenters. The number of benzene rings is 2. The number of para-hydroxylation sites is 3. The summed E-state index contributed by atoms with van der Waals surface area (Å²) in [6.07, 6.45) is 1.42. The van der Waals surface area contributed by atoms with Crippen molar-refractivity contribution in [1.29, 1.82) is 0 Å². The highest BCUT2D eigenvalue weighted by Crippen LogP contribution is 2.31. The lowest BCUT2D eigenvalue weighted by molar-refractivity contribution is -0.134. The Kier molecular flexibility index (Phi) is 4.97. The van der Waals surface area contributed by atoms with E-state index in [1.807, 2.05) is 18.2 Å². The number of imide groups is 1. The van der Waals surface area contributed by atoms with Crippen LogP contribution >= 0.6 is 0 Å². The van der Waals surface area contributed by atoms with E-state index >= 15 is 0 Å². The van der Waals surface area contributed by atoms with Crippen molar-refractivity contribution in [3.05, 3.63) is 78.8 Å². The topological polar surface area (TPSA) is 101 Å². The smallest absolute Gasteiger partial charge is 0.325 e. The second kappa shape index (κ2) is 7.75. The molecule has 30 heavy (non-hydrogen) atoms. The van der Waals surface area contributed by atoms with E-state index in [9.17, 15) is 14.4 Å². The van der Waals surface area contributed by atoms with E-state index in [4.69, 9.17) is 9.15 Å². The number of carbonyl (C=O) groups is 3. The Labute approximate surface area is 172 Å². The molecule has 2 aromatic carbocycles. The Morgan fingerprint density at radius 1 is 1.07 bits per heavy atom. The maximum atomic E-state index is 12.8. The fourth-order valence-corrected chi connectivity index (χ4v) is 3.18. The molecule has 1 aliphatic rings. The van der Waals surface area contributed by atoms with Crippen molar-refractivity contribution >= 4 is 23.5 Å². The maximum absolute atomic E-state index is 12.8. The van der Waals surface area contributed by atoms with Crippen molar-refractivity contribution in [2.75, 3.05) is 11.9 Å². The zero-order chi connectivity index (χ0) is 21.1. The highest BCUT2D eigenvalue weighted by molar-refractivity contribution is 6.10. The van der Waals surface area contributed by atoms with Gasteiger partial charge in [0.2, 0.25) is 5.91 Å². The molecule has 2 heterocycles. The first kappa shape index (κ1) is 19.3. The number of ether oxygens (including phenoxy) is 1. The Morgan fingerprint density at radius 2 is 1.80 bits per heavy atom. The minimum atomic E-state index is -1.35. The molecular weight excluding hydrogens is 386 g/mol. The summed E-state index contributed by atoms with van der Waals surface area (Å²) in [7, 11) is 0. The number of furan rings is 1. The largest absolute Gasteiger partial charge is 0.466 e. The van der Waals surface area contributed by atoms with Crippen LogP contribution in [0.1, 0.15) is 12.7 Å². The SMILES string of the molecule is C[C@]1(c2ccco2)NC(=O)N(CC(=O)Nc2ccccc2Oc2ccccc2)C1=O. The van der Waals surface area contributed by atoms with Crippen LogP contribution in [0.5, 0.6) is 11.5 Å². The quantitative estimate of drug-likeness (QED) is 0.612.